The third-order valence-corrected chi connectivity index (χ3v) is 4.98. The zero-order valence-electron chi connectivity index (χ0n) is 11.1. The Labute approximate surface area is 118 Å². The van der Waals surface area contributed by atoms with Crippen LogP contribution in [0.5, 0.6) is 0 Å². The topological polar surface area (TPSA) is 82.6 Å². The molecule has 0 unspecified atom stereocenters. The molecule has 0 aromatic carbocycles. The van der Waals surface area contributed by atoms with E-state index in [0.29, 0.717) is 16.7 Å². The Kier molecular flexibility index (Phi) is 6.82. The summed E-state index contributed by atoms with van der Waals surface area (Å²) in [6.07, 6.45) is 0. The summed E-state index contributed by atoms with van der Waals surface area (Å²) in [4.78, 5) is 4.26. The summed E-state index contributed by atoms with van der Waals surface area (Å²) in [6.45, 7) is 6.17. The molecule has 0 bridgehead atoms. The Morgan fingerprint density at radius 2 is 2.00 bits per heavy atom. The molecule has 0 amide bonds. The highest BCUT2D eigenvalue weighted by Crippen LogP contribution is 2.14. The molecule has 0 fully saturated rings. The third kappa shape index (κ3) is 5.58. The highest BCUT2D eigenvalue weighted by molar-refractivity contribution is 7.91. The molecule has 0 atom stereocenters. The molecule has 1 rings (SSSR count). The summed E-state index contributed by atoms with van der Waals surface area (Å²) in [5, 5.41) is 7.88. The largest absolute Gasteiger partial charge is 0.357 e. The number of nitrogens with zero attached hydrogens (tertiary/aromatic N) is 1. The molecular formula is C11H20N4O2S2. The summed E-state index contributed by atoms with van der Waals surface area (Å²) >= 11 is 1.20. The van der Waals surface area contributed by atoms with E-state index in [1.807, 2.05) is 13.8 Å². The zero-order valence-corrected chi connectivity index (χ0v) is 12.8. The maximum Gasteiger partial charge on any atom is 0.250 e. The van der Waals surface area contributed by atoms with Gasteiger partial charge < -0.3 is 10.6 Å². The van der Waals surface area contributed by atoms with Gasteiger partial charge in [0.05, 0.1) is 6.54 Å². The van der Waals surface area contributed by atoms with Crippen molar-refractivity contribution in [3.05, 3.63) is 17.5 Å². The number of thiophene rings is 1. The minimum absolute atomic E-state index is 0.278. The van der Waals surface area contributed by atoms with Crippen LogP contribution < -0.4 is 15.4 Å². The fraction of sp³-hybridized carbons (Fsp3) is 0.545. The number of rotatable bonds is 7. The maximum absolute atomic E-state index is 11.8. The number of nitrogens with one attached hydrogen (secondary N) is 3. The lowest BCUT2D eigenvalue weighted by Crippen LogP contribution is -2.37. The van der Waals surface area contributed by atoms with Gasteiger partial charge in [-0.3, -0.25) is 4.99 Å². The van der Waals surface area contributed by atoms with Crippen LogP contribution in [0.2, 0.25) is 0 Å². The van der Waals surface area contributed by atoms with Crippen molar-refractivity contribution in [1.29, 1.82) is 0 Å². The molecule has 3 N–H and O–H groups in total. The van der Waals surface area contributed by atoms with Crippen LogP contribution in [0.4, 0.5) is 0 Å². The number of hydrogen-bond donors (Lipinski definition) is 3. The molecule has 1 aromatic rings. The third-order valence-electron chi connectivity index (χ3n) is 2.12. The van der Waals surface area contributed by atoms with Crippen molar-refractivity contribution >= 4 is 27.3 Å². The lowest BCUT2D eigenvalue weighted by atomic mass is 10.6. The Bertz CT molecular complexity index is 475. The van der Waals surface area contributed by atoms with Gasteiger partial charge in [-0.1, -0.05) is 6.07 Å². The summed E-state index contributed by atoms with van der Waals surface area (Å²) in [5.74, 6) is 0.695. The minimum atomic E-state index is -3.38. The van der Waals surface area contributed by atoms with Gasteiger partial charge in [0, 0.05) is 19.6 Å². The van der Waals surface area contributed by atoms with Crippen LogP contribution in [0.1, 0.15) is 13.8 Å². The molecule has 0 spiro atoms. The fourth-order valence-corrected chi connectivity index (χ4v) is 3.40. The molecule has 0 saturated heterocycles. The van der Waals surface area contributed by atoms with Gasteiger partial charge in [-0.25, -0.2) is 13.1 Å². The average molecular weight is 304 g/mol. The summed E-state index contributed by atoms with van der Waals surface area (Å²) in [7, 11) is -3.38. The average Bonchev–Trinajstić information content (AvgIpc) is 2.89. The van der Waals surface area contributed by atoms with Crippen molar-refractivity contribution in [3.8, 4) is 0 Å². The predicted octanol–water partition coefficient (Wildman–Crippen LogP) is 0.601. The molecule has 19 heavy (non-hydrogen) atoms. The molecule has 6 nitrogen and oxygen atoms in total. The van der Waals surface area contributed by atoms with Crippen molar-refractivity contribution < 1.29 is 8.42 Å². The highest BCUT2D eigenvalue weighted by atomic mass is 32.2. The Morgan fingerprint density at radius 1 is 1.32 bits per heavy atom. The van der Waals surface area contributed by atoms with Crippen LogP contribution in [0.3, 0.4) is 0 Å². The highest BCUT2D eigenvalue weighted by Gasteiger charge is 2.13. The Morgan fingerprint density at radius 3 is 2.53 bits per heavy atom. The van der Waals surface area contributed by atoms with E-state index in [-0.39, 0.29) is 6.54 Å². The van der Waals surface area contributed by atoms with Gasteiger partial charge in [-0.2, -0.15) is 0 Å². The second-order valence-corrected chi connectivity index (χ2v) is 6.56. The molecule has 0 aliphatic carbocycles. The van der Waals surface area contributed by atoms with E-state index in [0.717, 1.165) is 13.1 Å². The molecule has 108 valence electrons. The van der Waals surface area contributed by atoms with Crippen LogP contribution >= 0.6 is 11.3 Å². The van der Waals surface area contributed by atoms with E-state index in [1.54, 1.807) is 17.5 Å². The summed E-state index contributed by atoms with van der Waals surface area (Å²) < 4.78 is 26.5. The van der Waals surface area contributed by atoms with Crippen LogP contribution in [0.25, 0.3) is 0 Å². The Balaban J connectivity index is 2.43. The second kappa shape index (κ2) is 8.13. The number of hydrogen-bond acceptors (Lipinski definition) is 4. The quantitative estimate of drug-likeness (QED) is 0.391. The molecule has 0 aliphatic heterocycles. The van der Waals surface area contributed by atoms with Gasteiger partial charge in [0.15, 0.2) is 5.96 Å². The SMILES string of the molecule is CCNC(=NCCNS(=O)(=O)c1cccs1)NCC. The van der Waals surface area contributed by atoms with Crippen molar-refractivity contribution in [2.75, 3.05) is 26.2 Å². The molecular weight excluding hydrogens is 284 g/mol. The van der Waals surface area contributed by atoms with E-state index < -0.39 is 10.0 Å². The first kappa shape index (κ1) is 15.9. The van der Waals surface area contributed by atoms with Gasteiger partial charge in [-0.15, -0.1) is 11.3 Å². The molecule has 0 aliphatic rings. The van der Waals surface area contributed by atoms with Gasteiger partial charge in [-0.05, 0) is 25.3 Å². The van der Waals surface area contributed by atoms with Gasteiger partial charge >= 0.3 is 0 Å². The fourth-order valence-electron chi connectivity index (χ4n) is 1.34. The summed E-state index contributed by atoms with van der Waals surface area (Å²) in [6, 6.07) is 3.30. The monoisotopic (exact) mass is 304 g/mol. The number of guanidine groups is 1. The van der Waals surface area contributed by atoms with Gasteiger partial charge in [0.2, 0.25) is 10.0 Å². The Hall–Kier alpha value is -1.12. The van der Waals surface area contributed by atoms with Crippen LogP contribution in [-0.4, -0.2) is 40.6 Å². The van der Waals surface area contributed by atoms with Crippen LogP contribution in [-0.2, 0) is 10.0 Å². The molecule has 8 heteroatoms. The predicted molar refractivity (Wildman–Crippen MR) is 79.2 cm³/mol. The molecule has 0 saturated carbocycles. The molecule has 0 radical (unpaired) electrons. The first-order valence-electron chi connectivity index (χ1n) is 6.15. The van der Waals surface area contributed by atoms with E-state index in [2.05, 4.69) is 20.3 Å². The van der Waals surface area contributed by atoms with E-state index in [4.69, 9.17) is 0 Å². The van der Waals surface area contributed by atoms with E-state index in [1.165, 1.54) is 11.3 Å². The minimum Gasteiger partial charge on any atom is -0.357 e. The maximum atomic E-state index is 11.8. The zero-order chi connectivity index (χ0) is 14.1. The van der Waals surface area contributed by atoms with E-state index >= 15 is 0 Å². The standard InChI is InChI=1S/C11H20N4O2S2/c1-3-12-11(13-4-2)14-7-8-15-19(16,17)10-6-5-9-18-10/h5-6,9,15H,3-4,7-8H2,1-2H3,(H2,12,13,14). The lowest BCUT2D eigenvalue weighted by Gasteiger charge is -2.09. The number of sulfonamides is 1. The molecule has 1 heterocycles. The van der Waals surface area contributed by atoms with Crippen LogP contribution in [0, 0.1) is 0 Å². The van der Waals surface area contributed by atoms with Gasteiger partial charge in [0.25, 0.3) is 0 Å². The summed E-state index contributed by atoms with van der Waals surface area (Å²) in [5.41, 5.74) is 0. The van der Waals surface area contributed by atoms with Crippen molar-refractivity contribution in [1.82, 2.24) is 15.4 Å². The van der Waals surface area contributed by atoms with Crippen molar-refractivity contribution in [2.24, 2.45) is 4.99 Å². The first-order valence-corrected chi connectivity index (χ1v) is 8.51. The first-order chi connectivity index (χ1) is 9.10. The second-order valence-electron chi connectivity index (χ2n) is 3.62. The number of aliphatic imine (C=N–C) groups is 1. The lowest BCUT2D eigenvalue weighted by molar-refractivity contribution is 0.584. The molecule has 1 aromatic heterocycles. The van der Waals surface area contributed by atoms with Crippen molar-refractivity contribution in [2.45, 2.75) is 18.1 Å². The normalized spacial score (nSPS) is 11.1. The van der Waals surface area contributed by atoms with Crippen molar-refractivity contribution in [3.63, 3.8) is 0 Å². The smallest absolute Gasteiger partial charge is 0.250 e. The van der Waals surface area contributed by atoms with Gasteiger partial charge in [0.1, 0.15) is 4.21 Å². The van der Waals surface area contributed by atoms with Crippen LogP contribution in [0.15, 0.2) is 26.7 Å². The van der Waals surface area contributed by atoms with E-state index in [9.17, 15) is 8.42 Å².